The molecule has 6 rings (SSSR count). The minimum Gasteiger partial charge on any atom is -0.481 e. The predicted molar refractivity (Wildman–Crippen MR) is 157 cm³/mol. The number of rotatable bonds is 7. The molecule has 1 N–H and O–H groups in total. The van der Waals surface area contributed by atoms with E-state index in [1.807, 2.05) is 40.9 Å². The van der Waals surface area contributed by atoms with Crippen molar-refractivity contribution in [2.24, 2.45) is 45.8 Å². The number of carboxylic acid groups (broad SMARTS) is 1. The first kappa shape index (κ1) is 30.0. The van der Waals surface area contributed by atoms with E-state index < -0.39 is 46.5 Å². The lowest BCUT2D eigenvalue weighted by Gasteiger charge is -2.58. The van der Waals surface area contributed by atoms with Gasteiger partial charge in [-0.15, -0.1) is 0 Å². The molecular formula is C31H44O8S2. The van der Waals surface area contributed by atoms with Gasteiger partial charge in [0, 0.05) is 5.41 Å². The molecule has 4 aliphatic carbocycles. The highest BCUT2D eigenvalue weighted by Crippen LogP contribution is 2.82. The molecule has 4 bridgehead atoms. The lowest BCUT2D eigenvalue weighted by atomic mass is 9.43. The third-order valence-electron chi connectivity index (χ3n) is 11.6. The van der Waals surface area contributed by atoms with E-state index >= 15 is 0 Å². The number of hydrogen-bond acceptors (Lipinski definition) is 9. The van der Waals surface area contributed by atoms with Gasteiger partial charge in [-0.25, -0.2) is 0 Å². The summed E-state index contributed by atoms with van der Waals surface area (Å²) < 4.78 is 32.2. The molecule has 6 aliphatic rings. The van der Waals surface area contributed by atoms with Crippen molar-refractivity contribution in [3.05, 3.63) is 11.6 Å². The second-order valence-electron chi connectivity index (χ2n) is 14.1. The van der Waals surface area contributed by atoms with Crippen molar-refractivity contribution in [3.8, 4) is 0 Å². The number of allylic oxidation sites excluding steroid dienone is 1. The smallest absolute Gasteiger partial charge is 0.315 e. The first-order valence-electron chi connectivity index (χ1n) is 15.1. The summed E-state index contributed by atoms with van der Waals surface area (Å²) in [7, 11) is 0. The number of carbonyl (C=O) groups excluding carboxylic acids is 1. The molecule has 2 aliphatic heterocycles. The first-order chi connectivity index (χ1) is 19.3. The van der Waals surface area contributed by atoms with Gasteiger partial charge in [0.25, 0.3) is 0 Å². The highest BCUT2D eigenvalue weighted by atomic mass is 32.2. The summed E-state index contributed by atoms with van der Waals surface area (Å²) in [6.07, 6.45) is 5.55. The van der Waals surface area contributed by atoms with Crippen LogP contribution in [0.2, 0.25) is 0 Å². The number of thiocarbonyl (C=S) groups is 1. The van der Waals surface area contributed by atoms with Gasteiger partial charge in [0.2, 0.25) is 4.38 Å². The number of fused-ring (bicyclic) bond motifs is 3. The average Bonchev–Trinajstić information content (AvgIpc) is 3.59. The van der Waals surface area contributed by atoms with Crippen molar-refractivity contribution in [3.63, 3.8) is 0 Å². The van der Waals surface area contributed by atoms with Crippen LogP contribution >= 0.6 is 24.0 Å². The fraction of sp³-hybridized carbons (Fsp3) is 0.839. The molecule has 0 aromatic rings. The van der Waals surface area contributed by atoms with E-state index in [2.05, 4.69) is 13.0 Å². The van der Waals surface area contributed by atoms with Gasteiger partial charge in [-0.2, -0.15) is 0 Å². The molecule has 0 aromatic carbocycles. The largest absolute Gasteiger partial charge is 0.481 e. The Bertz CT molecular complexity index is 1150. The molecule has 8 nitrogen and oxygen atoms in total. The number of carbonyl (C=O) groups is 2. The van der Waals surface area contributed by atoms with E-state index in [0.29, 0.717) is 23.1 Å². The van der Waals surface area contributed by atoms with E-state index in [4.69, 9.17) is 35.9 Å². The zero-order valence-electron chi connectivity index (χ0n) is 25.1. The molecule has 0 aromatic heterocycles. The predicted octanol–water partition coefficient (Wildman–Crippen LogP) is 5.23. The van der Waals surface area contributed by atoms with Gasteiger partial charge in [-0.05, 0) is 88.1 Å². The van der Waals surface area contributed by atoms with Gasteiger partial charge in [0.1, 0.15) is 23.9 Å². The minimum absolute atomic E-state index is 0.00140. The lowest BCUT2D eigenvalue weighted by molar-refractivity contribution is -0.284. The van der Waals surface area contributed by atoms with Crippen molar-refractivity contribution in [1.29, 1.82) is 0 Å². The Kier molecular flexibility index (Phi) is 7.31. The van der Waals surface area contributed by atoms with Crippen molar-refractivity contribution in [2.45, 2.75) is 104 Å². The van der Waals surface area contributed by atoms with E-state index in [9.17, 15) is 14.7 Å². The highest BCUT2D eigenvalue weighted by Gasteiger charge is 2.84. The molecule has 41 heavy (non-hydrogen) atoms. The van der Waals surface area contributed by atoms with Crippen LogP contribution in [0.3, 0.4) is 0 Å². The minimum atomic E-state index is -1.31. The quantitative estimate of drug-likeness (QED) is 0.235. The Morgan fingerprint density at radius 3 is 2.56 bits per heavy atom. The zero-order valence-corrected chi connectivity index (χ0v) is 26.7. The summed E-state index contributed by atoms with van der Waals surface area (Å²) in [5.74, 6) is -1.01. The molecule has 0 spiro atoms. The van der Waals surface area contributed by atoms with Crippen LogP contribution < -0.4 is 0 Å². The standard InChI is InChI=1S/C31H44O8S2/c1-15(2)21-10-18-11-29(13-32)20-9-8-16(3)19(20)12-30(18,31(21,29)26(33)34)14-35-25-24(37-27(40)41-7)23-22(17(4)36-25)38-28(5,6)39-23/h10,13,15-20,22-25H,8-9,11-12,14H2,1-7H3,(H,33,34)/t16?,17-,18?,19?,20?,22-,23-,24+,25-,29?,30?,31?/m1/s1. The Labute approximate surface area is 252 Å². The van der Waals surface area contributed by atoms with Crippen LogP contribution in [0.5, 0.6) is 0 Å². The number of hydrogen-bond donors (Lipinski definition) is 1. The maximum Gasteiger partial charge on any atom is 0.315 e. The van der Waals surface area contributed by atoms with Crippen LogP contribution in [0, 0.1) is 45.8 Å². The molecule has 12 atom stereocenters. The van der Waals surface area contributed by atoms with E-state index in [0.717, 1.165) is 24.7 Å². The van der Waals surface area contributed by atoms with Crippen LogP contribution in [0.25, 0.3) is 0 Å². The average molecular weight is 609 g/mol. The SMILES string of the molecule is CSC(=S)O[C@@H]1[C@H](OCC23CC4C(C)CCC4C4(C=O)CC2C=C(C(C)C)C43C(=O)O)O[C@H](C)[C@H]2OC(C)(C)O[C@@H]12. The third-order valence-corrected chi connectivity index (χ3v) is 12.6. The van der Waals surface area contributed by atoms with Gasteiger partial charge in [-0.3, -0.25) is 4.79 Å². The Balaban J connectivity index is 1.40. The van der Waals surface area contributed by atoms with Gasteiger partial charge in [0.05, 0.1) is 18.1 Å². The summed E-state index contributed by atoms with van der Waals surface area (Å²) in [5, 5.41) is 11.3. The van der Waals surface area contributed by atoms with Crippen LogP contribution in [-0.4, -0.2) is 71.1 Å². The summed E-state index contributed by atoms with van der Waals surface area (Å²) in [4.78, 5) is 27.1. The summed E-state index contributed by atoms with van der Waals surface area (Å²) in [6, 6.07) is 0. The Morgan fingerprint density at radius 1 is 1.22 bits per heavy atom. The maximum absolute atomic E-state index is 13.8. The molecule has 3 saturated carbocycles. The van der Waals surface area contributed by atoms with Gasteiger partial charge in [0.15, 0.2) is 18.2 Å². The number of aliphatic carboxylic acids is 1. The highest BCUT2D eigenvalue weighted by molar-refractivity contribution is 8.22. The van der Waals surface area contributed by atoms with Crippen LogP contribution in [0.15, 0.2) is 11.6 Å². The van der Waals surface area contributed by atoms with Crippen molar-refractivity contribution < 1.29 is 38.4 Å². The second-order valence-corrected chi connectivity index (χ2v) is 15.5. The Hall–Kier alpha value is -1.04. The number of carboxylic acids is 1. The van der Waals surface area contributed by atoms with Gasteiger partial charge in [-0.1, -0.05) is 50.6 Å². The summed E-state index contributed by atoms with van der Waals surface area (Å²) >= 11 is 6.76. The topological polar surface area (TPSA) is 101 Å². The monoisotopic (exact) mass is 608 g/mol. The van der Waals surface area contributed by atoms with Crippen molar-refractivity contribution >= 4 is 40.6 Å². The number of aldehydes is 1. The second kappa shape index (κ2) is 9.99. The maximum atomic E-state index is 13.8. The van der Waals surface area contributed by atoms with Gasteiger partial charge >= 0.3 is 5.97 Å². The molecule has 228 valence electrons. The van der Waals surface area contributed by atoms with E-state index in [-0.39, 0.29) is 42.5 Å². The molecule has 2 heterocycles. The van der Waals surface area contributed by atoms with Crippen molar-refractivity contribution in [2.75, 3.05) is 12.9 Å². The molecule has 0 radical (unpaired) electrons. The molecular weight excluding hydrogens is 564 g/mol. The number of ether oxygens (including phenoxy) is 5. The zero-order chi connectivity index (χ0) is 29.7. The van der Waals surface area contributed by atoms with E-state index in [1.165, 1.54) is 11.8 Å². The fourth-order valence-electron chi connectivity index (χ4n) is 10.2. The molecule has 10 heteroatoms. The summed E-state index contributed by atoms with van der Waals surface area (Å²) in [5.41, 5.74) is -2.13. The van der Waals surface area contributed by atoms with Crippen LogP contribution in [0.1, 0.15) is 67.2 Å². The van der Waals surface area contributed by atoms with Crippen LogP contribution in [0.4, 0.5) is 0 Å². The van der Waals surface area contributed by atoms with E-state index in [1.54, 1.807) is 0 Å². The third kappa shape index (κ3) is 3.89. The molecule has 2 saturated heterocycles. The summed E-state index contributed by atoms with van der Waals surface area (Å²) in [6.45, 7) is 12.2. The Morgan fingerprint density at radius 2 is 1.93 bits per heavy atom. The van der Waals surface area contributed by atoms with Crippen molar-refractivity contribution in [1.82, 2.24) is 0 Å². The number of thioether (sulfide) groups is 1. The first-order valence-corrected chi connectivity index (χ1v) is 16.7. The molecule has 5 fully saturated rings. The van der Waals surface area contributed by atoms with Gasteiger partial charge < -0.3 is 33.6 Å². The molecule has 7 unspecified atom stereocenters. The molecule has 0 amide bonds. The lowest BCUT2D eigenvalue weighted by Crippen LogP contribution is -2.64. The fourth-order valence-corrected chi connectivity index (χ4v) is 10.6. The normalized spacial score (nSPS) is 49.0. The van der Waals surface area contributed by atoms with Crippen LogP contribution in [-0.2, 0) is 33.3 Å².